The number of aryl methyl sites for hydroxylation is 1. The van der Waals surface area contributed by atoms with Gasteiger partial charge in [-0.1, -0.05) is 0 Å². The summed E-state index contributed by atoms with van der Waals surface area (Å²) in [5.41, 5.74) is 0. The fourth-order valence-electron chi connectivity index (χ4n) is 2.07. The summed E-state index contributed by atoms with van der Waals surface area (Å²) in [6.07, 6.45) is 1.12. The van der Waals surface area contributed by atoms with Gasteiger partial charge in [-0.25, -0.2) is 9.97 Å². The van der Waals surface area contributed by atoms with E-state index in [0.717, 1.165) is 37.1 Å². The first-order valence-corrected chi connectivity index (χ1v) is 6.06. The summed E-state index contributed by atoms with van der Waals surface area (Å²) in [7, 11) is 1.86. The van der Waals surface area contributed by atoms with Gasteiger partial charge in [0, 0.05) is 31.7 Å². The second kappa shape index (κ2) is 5.31. The maximum absolute atomic E-state index is 5.40. The number of rotatable bonds is 4. The van der Waals surface area contributed by atoms with Crippen LogP contribution in [-0.2, 0) is 4.74 Å². The van der Waals surface area contributed by atoms with E-state index in [-0.39, 0.29) is 0 Å². The number of anilines is 2. The lowest BCUT2D eigenvalue weighted by molar-refractivity contribution is 0.183. The molecule has 0 radical (unpaired) electrons. The van der Waals surface area contributed by atoms with Gasteiger partial charge < -0.3 is 15.4 Å². The molecule has 2 N–H and O–H groups in total. The molecule has 1 saturated heterocycles. The first-order chi connectivity index (χ1) is 8.19. The van der Waals surface area contributed by atoms with Crippen LogP contribution in [0.5, 0.6) is 0 Å². The van der Waals surface area contributed by atoms with E-state index >= 15 is 0 Å². The highest BCUT2D eigenvalue weighted by atomic mass is 16.5. The van der Waals surface area contributed by atoms with Crippen molar-refractivity contribution in [2.45, 2.75) is 26.3 Å². The highest BCUT2D eigenvalue weighted by Crippen LogP contribution is 2.20. The third-order valence-corrected chi connectivity index (χ3v) is 3.14. The molecule has 1 aromatic heterocycles. The number of hydrogen-bond donors (Lipinski definition) is 2. The van der Waals surface area contributed by atoms with Crippen LogP contribution in [0.1, 0.15) is 19.2 Å². The zero-order valence-electron chi connectivity index (χ0n) is 10.7. The van der Waals surface area contributed by atoms with Gasteiger partial charge in [0.1, 0.15) is 17.5 Å². The largest absolute Gasteiger partial charge is 0.381 e. The summed E-state index contributed by atoms with van der Waals surface area (Å²) in [5.74, 6) is 3.06. The van der Waals surface area contributed by atoms with E-state index in [9.17, 15) is 0 Å². The van der Waals surface area contributed by atoms with Gasteiger partial charge in [0.05, 0.1) is 6.61 Å². The van der Waals surface area contributed by atoms with Crippen LogP contribution < -0.4 is 10.6 Å². The van der Waals surface area contributed by atoms with E-state index in [1.54, 1.807) is 0 Å². The minimum Gasteiger partial charge on any atom is -0.381 e. The van der Waals surface area contributed by atoms with Gasteiger partial charge in [-0.2, -0.15) is 0 Å². The fraction of sp³-hybridized carbons (Fsp3) is 0.667. The van der Waals surface area contributed by atoms with Crippen molar-refractivity contribution in [3.05, 3.63) is 11.9 Å². The first-order valence-electron chi connectivity index (χ1n) is 6.06. The molecule has 0 amide bonds. The maximum atomic E-state index is 5.40. The van der Waals surface area contributed by atoms with E-state index in [1.165, 1.54) is 0 Å². The molecule has 1 aromatic rings. The third kappa shape index (κ3) is 3.06. The Balaban J connectivity index is 2.04. The molecule has 17 heavy (non-hydrogen) atoms. The lowest BCUT2D eigenvalue weighted by Gasteiger charge is -2.20. The number of nitrogens with one attached hydrogen (secondary N) is 2. The molecular formula is C12H20N4O. The van der Waals surface area contributed by atoms with Gasteiger partial charge in [0.25, 0.3) is 0 Å². The first kappa shape index (κ1) is 12.1. The molecule has 0 aliphatic carbocycles. The van der Waals surface area contributed by atoms with E-state index in [2.05, 4.69) is 27.5 Å². The summed E-state index contributed by atoms with van der Waals surface area (Å²) >= 11 is 0. The van der Waals surface area contributed by atoms with Gasteiger partial charge in [-0.3, -0.25) is 0 Å². The Morgan fingerprint density at radius 1 is 1.41 bits per heavy atom. The number of nitrogens with zero attached hydrogens (tertiary/aromatic N) is 2. The van der Waals surface area contributed by atoms with Gasteiger partial charge in [0.2, 0.25) is 0 Å². The van der Waals surface area contributed by atoms with Crippen molar-refractivity contribution in [1.29, 1.82) is 0 Å². The zero-order valence-corrected chi connectivity index (χ0v) is 10.7. The molecule has 2 unspecified atom stereocenters. The van der Waals surface area contributed by atoms with Gasteiger partial charge >= 0.3 is 0 Å². The molecule has 0 spiro atoms. The molecule has 0 bridgehead atoms. The van der Waals surface area contributed by atoms with E-state index < -0.39 is 0 Å². The fourth-order valence-corrected chi connectivity index (χ4v) is 2.07. The Labute approximate surface area is 102 Å². The molecule has 1 aliphatic heterocycles. The molecule has 2 heterocycles. The Kier molecular flexibility index (Phi) is 3.78. The Bertz CT molecular complexity index is 377. The molecule has 5 nitrogen and oxygen atoms in total. The summed E-state index contributed by atoms with van der Waals surface area (Å²) in [6.45, 7) is 5.80. The van der Waals surface area contributed by atoms with Crippen molar-refractivity contribution >= 4 is 11.6 Å². The van der Waals surface area contributed by atoms with Gasteiger partial charge in [-0.15, -0.1) is 0 Å². The van der Waals surface area contributed by atoms with Crippen LogP contribution >= 0.6 is 0 Å². The lowest BCUT2D eigenvalue weighted by Crippen LogP contribution is -2.26. The zero-order chi connectivity index (χ0) is 12.3. The summed E-state index contributed by atoms with van der Waals surface area (Å²) in [4.78, 5) is 8.66. The minimum absolute atomic E-state index is 0.372. The molecule has 1 fully saturated rings. The van der Waals surface area contributed by atoms with Crippen molar-refractivity contribution in [2.75, 3.05) is 30.9 Å². The molecule has 0 aromatic carbocycles. The average molecular weight is 236 g/mol. The molecule has 0 saturated carbocycles. The molecule has 2 atom stereocenters. The predicted molar refractivity (Wildman–Crippen MR) is 68.3 cm³/mol. The standard InChI is InChI=1S/C12H20N4O/c1-8(10-4-5-17-7-10)14-12-6-11(13-3)15-9(2)16-12/h6,8,10H,4-5,7H2,1-3H3,(H2,13,14,15,16). The summed E-state index contributed by atoms with van der Waals surface area (Å²) < 4.78 is 5.40. The maximum Gasteiger partial charge on any atom is 0.132 e. The number of hydrogen-bond acceptors (Lipinski definition) is 5. The van der Waals surface area contributed by atoms with Crippen LogP contribution in [0.4, 0.5) is 11.6 Å². The number of aromatic nitrogens is 2. The average Bonchev–Trinajstić information content (AvgIpc) is 2.81. The van der Waals surface area contributed by atoms with Crippen LogP contribution in [0, 0.1) is 12.8 Å². The molecule has 94 valence electrons. The molecule has 1 aliphatic rings. The smallest absolute Gasteiger partial charge is 0.132 e. The monoisotopic (exact) mass is 236 g/mol. The van der Waals surface area contributed by atoms with Crippen molar-refractivity contribution in [3.63, 3.8) is 0 Å². The molecular weight excluding hydrogens is 216 g/mol. The van der Waals surface area contributed by atoms with E-state index in [4.69, 9.17) is 4.74 Å². The number of ether oxygens (including phenoxy) is 1. The highest BCUT2D eigenvalue weighted by Gasteiger charge is 2.22. The summed E-state index contributed by atoms with van der Waals surface area (Å²) in [6, 6.07) is 2.30. The van der Waals surface area contributed by atoms with Crippen molar-refractivity contribution in [3.8, 4) is 0 Å². The molecule has 2 rings (SSSR count). The lowest BCUT2D eigenvalue weighted by atomic mass is 10.0. The Morgan fingerprint density at radius 2 is 2.18 bits per heavy atom. The minimum atomic E-state index is 0.372. The van der Waals surface area contributed by atoms with Gasteiger partial charge in [0.15, 0.2) is 0 Å². The van der Waals surface area contributed by atoms with Gasteiger partial charge in [-0.05, 0) is 20.3 Å². The topological polar surface area (TPSA) is 59.1 Å². The van der Waals surface area contributed by atoms with Crippen LogP contribution in [0.25, 0.3) is 0 Å². The second-order valence-electron chi connectivity index (χ2n) is 4.49. The third-order valence-electron chi connectivity index (χ3n) is 3.14. The normalized spacial score (nSPS) is 21.2. The highest BCUT2D eigenvalue weighted by molar-refractivity contribution is 5.47. The van der Waals surface area contributed by atoms with Crippen molar-refractivity contribution in [2.24, 2.45) is 5.92 Å². The van der Waals surface area contributed by atoms with E-state index in [1.807, 2.05) is 20.0 Å². The van der Waals surface area contributed by atoms with Crippen molar-refractivity contribution < 1.29 is 4.74 Å². The van der Waals surface area contributed by atoms with Crippen LogP contribution in [0.2, 0.25) is 0 Å². The molecule has 5 heteroatoms. The SMILES string of the molecule is CNc1cc(NC(C)C2CCOC2)nc(C)n1. The van der Waals surface area contributed by atoms with E-state index in [0.29, 0.717) is 12.0 Å². The Hall–Kier alpha value is -1.36. The van der Waals surface area contributed by atoms with Crippen LogP contribution in [0.15, 0.2) is 6.07 Å². The Morgan fingerprint density at radius 3 is 2.82 bits per heavy atom. The quantitative estimate of drug-likeness (QED) is 0.832. The van der Waals surface area contributed by atoms with Crippen LogP contribution in [-0.4, -0.2) is 36.3 Å². The second-order valence-corrected chi connectivity index (χ2v) is 4.49. The predicted octanol–water partition coefficient (Wildman–Crippen LogP) is 1.66. The summed E-state index contributed by atoms with van der Waals surface area (Å²) in [5, 5.41) is 6.46. The van der Waals surface area contributed by atoms with Crippen molar-refractivity contribution in [1.82, 2.24) is 9.97 Å². The van der Waals surface area contributed by atoms with Crippen LogP contribution in [0.3, 0.4) is 0 Å².